The number of carbonyl (C=O) groups excluding carboxylic acids is 2. The summed E-state index contributed by atoms with van der Waals surface area (Å²) in [6.07, 6.45) is 0. The average molecular weight is 269 g/mol. The molecule has 1 aliphatic rings. The minimum atomic E-state index is -0.0483. The van der Waals surface area contributed by atoms with Crippen LogP contribution < -0.4 is 10.2 Å². The number of ketones is 1. The molecule has 5 nitrogen and oxygen atoms in total. The van der Waals surface area contributed by atoms with Crippen molar-refractivity contribution in [2.45, 2.75) is 6.92 Å². The largest absolute Gasteiger partial charge is 0.370 e. The number of quaternary nitrogens is 1. The van der Waals surface area contributed by atoms with Gasteiger partial charge >= 0.3 is 0 Å². The van der Waals surface area contributed by atoms with Gasteiger partial charge in [-0.2, -0.15) is 0 Å². The molecule has 0 radical (unpaired) electrons. The number of Topliss-reactive ketones (excluding diaryl/α,β-unsaturated/α-hetero) is 1. The van der Waals surface area contributed by atoms with E-state index < -0.39 is 0 Å². The Hall–Kier alpha value is -1.24. The molecule has 1 aromatic heterocycles. The number of carbonyl (C=O) groups is 2. The van der Waals surface area contributed by atoms with Crippen molar-refractivity contribution in [1.82, 2.24) is 0 Å². The molecule has 2 heterocycles. The Kier molecular flexibility index (Phi) is 4.46. The molecule has 1 aliphatic heterocycles. The maximum absolute atomic E-state index is 11.9. The molecule has 1 saturated heterocycles. The summed E-state index contributed by atoms with van der Waals surface area (Å²) in [5.41, 5.74) is 0.630. The molecule has 0 spiro atoms. The van der Waals surface area contributed by atoms with Crippen LogP contribution in [0.1, 0.15) is 16.6 Å². The molecule has 1 amide bonds. The van der Waals surface area contributed by atoms with Crippen LogP contribution >= 0.6 is 11.3 Å². The highest BCUT2D eigenvalue weighted by atomic mass is 32.1. The summed E-state index contributed by atoms with van der Waals surface area (Å²) in [5, 5.41) is 4.62. The van der Waals surface area contributed by atoms with Gasteiger partial charge in [0.2, 0.25) is 0 Å². The zero-order chi connectivity index (χ0) is 13.0. The maximum atomic E-state index is 11.9. The van der Waals surface area contributed by atoms with E-state index in [4.69, 9.17) is 4.74 Å². The van der Waals surface area contributed by atoms with Gasteiger partial charge < -0.3 is 15.0 Å². The van der Waals surface area contributed by atoms with Crippen molar-refractivity contribution in [3.63, 3.8) is 0 Å². The monoisotopic (exact) mass is 269 g/mol. The van der Waals surface area contributed by atoms with Gasteiger partial charge in [0.1, 0.15) is 13.1 Å². The lowest BCUT2D eigenvalue weighted by Gasteiger charge is -2.23. The van der Waals surface area contributed by atoms with Crippen LogP contribution in [0.2, 0.25) is 0 Å². The van der Waals surface area contributed by atoms with Gasteiger partial charge in [-0.05, 0) is 11.4 Å². The number of morpholine rings is 1. The smallest absolute Gasteiger partial charge is 0.279 e. The molecule has 2 N–H and O–H groups in total. The van der Waals surface area contributed by atoms with E-state index in [2.05, 4.69) is 5.32 Å². The number of thiophene rings is 1. The third-order valence-corrected chi connectivity index (χ3v) is 3.88. The summed E-state index contributed by atoms with van der Waals surface area (Å²) < 4.78 is 5.24. The highest BCUT2D eigenvalue weighted by molar-refractivity contribution is 7.12. The van der Waals surface area contributed by atoms with Gasteiger partial charge in [0.25, 0.3) is 5.91 Å². The van der Waals surface area contributed by atoms with Gasteiger partial charge in [-0.1, -0.05) is 0 Å². The van der Waals surface area contributed by atoms with Gasteiger partial charge in [-0.3, -0.25) is 9.59 Å². The maximum Gasteiger partial charge on any atom is 0.279 e. The molecule has 0 saturated carbocycles. The number of hydrogen-bond donors (Lipinski definition) is 2. The number of hydrogen-bond acceptors (Lipinski definition) is 4. The van der Waals surface area contributed by atoms with Crippen LogP contribution in [-0.2, 0) is 9.53 Å². The second-order valence-corrected chi connectivity index (χ2v) is 5.22. The number of ether oxygens (including phenoxy) is 1. The Labute approximate surface area is 110 Å². The van der Waals surface area contributed by atoms with E-state index in [0.717, 1.165) is 13.1 Å². The Morgan fingerprint density at radius 3 is 2.83 bits per heavy atom. The molecule has 6 heteroatoms. The van der Waals surface area contributed by atoms with Crippen LogP contribution in [0.25, 0.3) is 0 Å². The Morgan fingerprint density at radius 2 is 2.17 bits per heavy atom. The zero-order valence-corrected chi connectivity index (χ0v) is 11.1. The third-order valence-electron chi connectivity index (χ3n) is 2.87. The van der Waals surface area contributed by atoms with Gasteiger partial charge in [0.05, 0.1) is 23.8 Å². The first kappa shape index (κ1) is 13.2. The molecular weight excluding hydrogens is 252 g/mol. The molecule has 1 aromatic rings. The van der Waals surface area contributed by atoms with Crippen molar-refractivity contribution in [1.29, 1.82) is 0 Å². The summed E-state index contributed by atoms with van der Waals surface area (Å²) in [7, 11) is 0. The minimum absolute atomic E-state index is 0.0148. The standard InChI is InChI=1S/C12H16N2O3S/c1-9(15)12-10(2-7-18-12)13-11(16)8-14-3-5-17-6-4-14/h2,7H,3-6,8H2,1H3,(H,13,16)/p+1. The predicted octanol–water partition coefficient (Wildman–Crippen LogP) is -0.196. The van der Waals surface area contributed by atoms with E-state index >= 15 is 0 Å². The van der Waals surface area contributed by atoms with Crippen molar-refractivity contribution < 1.29 is 19.2 Å². The van der Waals surface area contributed by atoms with E-state index in [-0.39, 0.29) is 11.7 Å². The van der Waals surface area contributed by atoms with E-state index in [9.17, 15) is 9.59 Å². The molecule has 18 heavy (non-hydrogen) atoms. The summed E-state index contributed by atoms with van der Waals surface area (Å²) in [5.74, 6) is -0.0631. The molecule has 0 aromatic carbocycles. The number of rotatable bonds is 4. The van der Waals surface area contributed by atoms with Gasteiger partial charge in [-0.15, -0.1) is 11.3 Å². The number of anilines is 1. The minimum Gasteiger partial charge on any atom is -0.370 e. The van der Waals surface area contributed by atoms with Crippen molar-refractivity contribution in [2.24, 2.45) is 0 Å². The van der Waals surface area contributed by atoms with E-state index in [1.807, 2.05) is 5.38 Å². The number of amides is 1. The Morgan fingerprint density at radius 1 is 1.44 bits per heavy atom. The second kappa shape index (κ2) is 6.08. The quantitative estimate of drug-likeness (QED) is 0.745. The average Bonchev–Trinajstić information content (AvgIpc) is 2.78. The molecule has 98 valence electrons. The fraction of sp³-hybridized carbons (Fsp3) is 0.500. The van der Waals surface area contributed by atoms with Crippen molar-refractivity contribution in [3.05, 3.63) is 16.3 Å². The normalized spacial score (nSPS) is 16.5. The molecule has 2 rings (SSSR count). The van der Waals surface area contributed by atoms with Crippen LogP contribution in [0.15, 0.2) is 11.4 Å². The molecular formula is C12H17N2O3S+. The Bertz CT molecular complexity index is 438. The van der Waals surface area contributed by atoms with Crippen molar-refractivity contribution >= 4 is 28.7 Å². The lowest BCUT2D eigenvalue weighted by molar-refractivity contribution is -0.899. The molecule has 0 aliphatic carbocycles. The first-order chi connectivity index (χ1) is 8.66. The van der Waals surface area contributed by atoms with E-state index in [0.29, 0.717) is 30.3 Å². The van der Waals surface area contributed by atoms with Crippen LogP contribution in [0.4, 0.5) is 5.69 Å². The summed E-state index contributed by atoms with van der Waals surface area (Å²) in [4.78, 5) is 25.0. The van der Waals surface area contributed by atoms with Crippen LogP contribution in [0, 0.1) is 0 Å². The highest BCUT2D eigenvalue weighted by Gasteiger charge is 2.19. The molecule has 0 atom stereocenters. The van der Waals surface area contributed by atoms with Crippen LogP contribution in [0.3, 0.4) is 0 Å². The van der Waals surface area contributed by atoms with Gasteiger partial charge in [0, 0.05) is 6.92 Å². The summed E-state index contributed by atoms with van der Waals surface area (Å²) in [6, 6.07) is 1.77. The van der Waals surface area contributed by atoms with Crippen molar-refractivity contribution in [2.75, 3.05) is 38.2 Å². The predicted molar refractivity (Wildman–Crippen MR) is 69.3 cm³/mol. The van der Waals surface area contributed by atoms with Gasteiger partial charge in [-0.25, -0.2) is 0 Å². The van der Waals surface area contributed by atoms with Crippen LogP contribution in [0.5, 0.6) is 0 Å². The topological polar surface area (TPSA) is 59.8 Å². The molecule has 1 fully saturated rings. The molecule has 0 bridgehead atoms. The molecule has 0 unspecified atom stereocenters. The summed E-state index contributed by atoms with van der Waals surface area (Å²) >= 11 is 1.35. The first-order valence-corrected chi connectivity index (χ1v) is 6.84. The van der Waals surface area contributed by atoms with Gasteiger partial charge in [0.15, 0.2) is 12.3 Å². The highest BCUT2D eigenvalue weighted by Crippen LogP contribution is 2.22. The van der Waals surface area contributed by atoms with Crippen molar-refractivity contribution in [3.8, 4) is 0 Å². The van der Waals surface area contributed by atoms with Crippen LogP contribution in [-0.4, -0.2) is 44.5 Å². The van der Waals surface area contributed by atoms with E-state index in [1.54, 1.807) is 6.07 Å². The SMILES string of the molecule is CC(=O)c1sccc1NC(=O)C[NH+]1CCOCC1. The fourth-order valence-corrected chi connectivity index (χ4v) is 2.69. The lowest BCUT2D eigenvalue weighted by atomic mass is 10.3. The number of nitrogens with one attached hydrogen (secondary N) is 2. The summed E-state index contributed by atoms with van der Waals surface area (Å²) in [6.45, 7) is 5.07. The third kappa shape index (κ3) is 3.38. The van der Waals surface area contributed by atoms with E-state index in [1.165, 1.54) is 23.2 Å². The first-order valence-electron chi connectivity index (χ1n) is 5.96. The zero-order valence-electron chi connectivity index (χ0n) is 10.3. The second-order valence-electron chi connectivity index (χ2n) is 4.31. The lowest BCUT2D eigenvalue weighted by Crippen LogP contribution is -3.15. The fourth-order valence-electron chi connectivity index (χ4n) is 1.94. The Balaban J connectivity index is 1.90.